The molecule has 8 heteroatoms. The fourth-order valence-corrected chi connectivity index (χ4v) is 3.51. The number of hydrogen-bond acceptors (Lipinski definition) is 5. The Labute approximate surface area is 143 Å². The van der Waals surface area contributed by atoms with Crippen molar-refractivity contribution in [2.45, 2.75) is 17.7 Å². The highest BCUT2D eigenvalue weighted by Gasteiger charge is 2.34. The summed E-state index contributed by atoms with van der Waals surface area (Å²) < 4.78 is 18.2. The summed E-state index contributed by atoms with van der Waals surface area (Å²) in [5.41, 5.74) is 0.470. The zero-order valence-corrected chi connectivity index (χ0v) is 14.3. The van der Waals surface area contributed by atoms with Gasteiger partial charge in [0.25, 0.3) is 0 Å². The minimum atomic E-state index is -0.700. The van der Waals surface area contributed by atoms with Gasteiger partial charge in [-0.05, 0) is 18.1 Å². The van der Waals surface area contributed by atoms with E-state index in [0.29, 0.717) is 11.3 Å². The zero-order chi connectivity index (χ0) is 17.7. The predicted molar refractivity (Wildman–Crippen MR) is 87.9 cm³/mol. The lowest BCUT2D eigenvalue weighted by molar-refractivity contribution is -0.146. The van der Waals surface area contributed by atoms with E-state index < -0.39 is 17.3 Å². The number of carbonyl (C=O) groups is 3. The molecule has 1 N–H and O–H groups in total. The fourth-order valence-electron chi connectivity index (χ4n) is 2.34. The molecule has 24 heavy (non-hydrogen) atoms. The van der Waals surface area contributed by atoms with Gasteiger partial charge >= 0.3 is 5.97 Å². The number of thioether (sulfide) groups is 1. The van der Waals surface area contributed by atoms with Gasteiger partial charge in [0.05, 0.1) is 12.4 Å². The minimum Gasteiger partial charge on any atom is -0.468 e. The summed E-state index contributed by atoms with van der Waals surface area (Å²) in [6.07, 6.45) is 0.266. The van der Waals surface area contributed by atoms with Crippen LogP contribution in [0.3, 0.4) is 0 Å². The third-order valence-corrected chi connectivity index (χ3v) is 5.01. The average Bonchev–Trinajstić information content (AvgIpc) is 2.57. The molecule has 6 nitrogen and oxygen atoms in total. The molecule has 1 fully saturated rings. The van der Waals surface area contributed by atoms with E-state index in [-0.39, 0.29) is 30.6 Å². The van der Waals surface area contributed by atoms with Crippen LogP contribution in [0.15, 0.2) is 24.3 Å². The van der Waals surface area contributed by atoms with Crippen LogP contribution in [0.4, 0.5) is 4.39 Å². The first-order valence-electron chi connectivity index (χ1n) is 7.39. The summed E-state index contributed by atoms with van der Waals surface area (Å²) in [7, 11) is 2.72. The van der Waals surface area contributed by atoms with Crippen molar-refractivity contribution in [1.29, 1.82) is 0 Å². The Bertz CT molecular complexity index is 640. The highest BCUT2D eigenvalue weighted by atomic mass is 32.2. The van der Waals surface area contributed by atoms with Gasteiger partial charge < -0.3 is 15.0 Å². The maximum absolute atomic E-state index is 13.7. The number of benzene rings is 1. The largest absolute Gasteiger partial charge is 0.468 e. The van der Waals surface area contributed by atoms with Gasteiger partial charge in [-0.1, -0.05) is 18.2 Å². The SMILES string of the molecule is COC(=O)CN(C)C(=O)[C@H]1CS[C@H](Cc2ccccc2F)C(=O)N1. The molecule has 1 aromatic carbocycles. The van der Waals surface area contributed by atoms with Crippen molar-refractivity contribution in [2.75, 3.05) is 26.5 Å². The number of methoxy groups -OCH3 is 1. The van der Waals surface area contributed by atoms with E-state index in [1.165, 1.54) is 36.9 Å². The smallest absolute Gasteiger partial charge is 0.325 e. The molecule has 2 rings (SSSR count). The summed E-state index contributed by atoms with van der Waals surface area (Å²) in [6.45, 7) is -0.176. The third kappa shape index (κ3) is 4.47. The number of carbonyl (C=O) groups excluding carboxylic acids is 3. The summed E-state index contributed by atoms with van der Waals surface area (Å²) in [6, 6.07) is 5.62. The van der Waals surface area contributed by atoms with Crippen LogP contribution in [0.2, 0.25) is 0 Å². The van der Waals surface area contributed by atoms with E-state index in [1.807, 2.05) is 0 Å². The zero-order valence-electron chi connectivity index (χ0n) is 13.5. The molecule has 1 aliphatic heterocycles. The van der Waals surface area contributed by atoms with E-state index in [4.69, 9.17) is 0 Å². The number of amides is 2. The van der Waals surface area contributed by atoms with Gasteiger partial charge in [-0.25, -0.2) is 4.39 Å². The van der Waals surface area contributed by atoms with Gasteiger partial charge in [0.2, 0.25) is 11.8 Å². The van der Waals surface area contributed by atoms with E-state index in [1.54, 1.807) is 18.2 Å². The second kappa shape index (κ2) is 8.14. The van der Waals surface area contributed by atoms with Gasteiger partial charge in [-0.2, -0.15) is 0 Å². The molecule has 1 heterocycles. The first kappa shape index (κ1) is 18.3. The number of rotatable bonds is 5. The molecule has 0 aliphatic carbocycles. The molecule has 2 atom stereocenters. The van der Waals surface area contributed by atoms with Crippen molar-refractivity contribution in [1.82, 2.24) is 10.2 Å². The number of nitrogens with one attached hydrogen (secondary N) is 1. The Hall–Kier alpha value is -2.09. The normalized spacial score (nSPS) is 20.2. The summed E-state index contributed by atoms with van der Waals surface area (Å²) in [4.78, 5) is 36.9. The van der Waals surface area contributed by atoms with Crippen molar-refractivity contribution >= 4 is 29.5 Å². The van der Waals surface area contributed by atoms with Gasteiger partial charge in [0.15, 0.2) is 0 Å². The Morgan fingerprint density at radius 1 is 1.42 bits per heavy atom. The number of likely N-dealkylation sites (N-methyl/N-ethyl adjacent to an activating group) is 1. The van der Waals surface area contributed by atoms with E-state index in [2.05, 4.69) is 10.1 Å². The second-order valence-electron chi connectivity index (χ2n) is 5.45. The Morgan fingerprint density at radius 2 is 2.12 bits per heavy atom. The van der Waals surface area contributed by atoms with Gasteiger partial charge in [0.1, 0.15) is 18.4 Å². The summed E-state index contributed by atoms with van der Waals surface area (Å²) in [5, 5.41) is 2.21. The van der Waals surface area contributed by atoms with Crippen molar-refractivity contribution < 1.29 is 23.5 Å². The highest BCUT2D eigenvalue weighted by molar-refractivity contribution is 8.00. The predicted octanol–water partition coefficient (Wildman–Crippen LogP) is 0.600. The van der Waals surface area contributed by atoms with Crippen LogP contribution in [0.25, 0.3) is 0 Å². The van der Waals surface area contributed by atoms with E-state index >= 15 is 0 Å². The van der Waals surface area contributed by atoms with Gasteiger partial charge in [-0.3, -0.25) is 14.4 Å². The maximum Gasteiger partial charge on any atom is 0.325 e. The monoisotopic (exact) mass is 354 g/mol. The third-order valence-electron chi connectivity index (χ3n) is 3.70. The Balaban J connectivity index is 1.93. The van der Waals surface area contributed by atoms with Gasteiger partial charge in [-0.15, -0.1) is 11.8 Å². The molecule has 130 valence electrons. The lowest BCUT2D eigenvalue weighted by Crippen LogP contribution is -2.55. The Morgan fingerprint density at radius 3 is 2.75 bits per heavy atom. The summed E-state index contributed by atoms with van der Waals surface area (Å²) >= 11 is 1.31. The molecule has 0 bridgehead atoms. The van der Waals surface area contributed by atoms with Crippen LogP contribution >= 0.6 is 11.8 Å². The summed E-state index contributed by atoms with van der Waals surface area (Å²) in [5.74, 6) is -1.17. The van der Waals surface area contributed by atoms with Crippen molar-refractivity contribution in [3.05, 3.63) is 35.6 Å². The molecule has 1 saturated heterocycles. The number of esters is 1. The van der Waals surface area contributed by atoms with Crippen molar-refractivity contribution in [3.63, 3.8) is 0 Å². The quantitative estimate of drug-likeness (QED) is 0.784. The molecule has 0 spiro atoms. The van der Waals surface area contributed by atoms with E-state index in [9.17, 15) is 18.8 Å². The molecular weight excluding hydrogens is 335 g/mol. The lowest BCUT2D eigenvalue weighted by atomic mass is 10.1. The fraction of sp³-hybridized carbons (Fsp3) is 0.438. The Kier molecular flexibility index (Phi) is 6.19. The van der Waals surface area contributed by atoms with Crippen molar-refractivity contribution in [2.24, 2.45) is 0 Å². The standard InChI is InChI=1S/C16H19FN2O4S/c1-19(8-14(20)23-2)16(22)12-9-24-13(15(21)18-12)7-10-5-3-4-6-11(10)17/h3-6,12-13H,7-9H2,1-2H3,(H,18,21)/t12-,13-/m1/s1. The van der Waals surface area contributed by atoms with Crippen LogP contribution in [0.5, 0.6) is 0 Å². The molecular formula is C16H19FN2O4S. The lowest BCUT2D eigenvalue weighted by Gasteiger charge is -2.30. The molecule has 1 aliphatic rings. The highest BCUT2D eigenvalue weighted by Crippen LogP contribution is 2.23. The van der Waals surface area contributed by atoms with Gasteiger partial charge in [0, 0.05) is 12.8 Å². The number of halogens is 1. The minimum absolute atomic E-state index is 0.176. The molecule has 2 amide bonds. The van der Waals surface area contributed by atoms with E-state index in [0.717, 1.165) is 0 Å². The average molecular weight is 354 g/mol. The molecule has 1 aromatic rings. The maximum atomic E-state index is 13.7. The van der Waals surface area contributed by atoms with Crippen LogP contribution < -0.4 is 5.32 Å². The first-order valence-corrected chi connectivity index (χ1v) is 8.44. The van der Waals surface area contributed by atoms with Crippen molar-refractivity contribution in [3.8, 4) is 0 Å². The molecule has 0 radical (unpaired) electrons. The van der Waals surface area contributed by atoms with Crippen LogP contribution in [-0.4, -0.2) is 60.4 Å². The van der Waals surface area contributed by atoms with Crippen LogP contribution in [-0.2, 0) is 25.5 Å². The molecule has 0 aromatic heterocycles. The molecule has 0 unspecified atom stereocenters. The number of nitrogens with zero attached hydrogens (tertiary/aromatic N) is 1. The number of ether oxygens (including phenoxy) is 1. The molecule has 0 saturated carbocycles. The topological polar surface area (TPSA) is 75.7 Å². The first-order chi connectivity index (χ1) is 11.4. The number of hydrogen-bond donors (Lipinski definition) is 1. The second-order valence-corrected chi connectivity index (χ2v) is 6.68. The van der Waals surface area contributed by atoms with Crippen LogP contribution in [0.1, 0.15) is 5.56 Å². The van der Waals surface area contributed by atoms with Crippen LogP contribution in [0, 0.1) is 5.82 Å².